The number of rotatable bonds is 8. The molecule has 4 aromatic rings. The Morgan fingerprint density at radius 1 is 0.949 bits per heavy atom. The summed E-state index contributed by atoms with van der Waals surface area (Å²) in [5, 5.41) is 3.89. The number of nitrogens with zero attached hydrogens (tertiary/aromatic N) is 3. The average molecular weight is 523 g/mol. The van der Waals surface area contributed by atoms with Crippen molar-refractivity contribution in [3.05, 3.63) is 121 Å². The van der Waals surface area contributed by atoms with E-state index in [4.69, 9.17) is 9.51 Å². The van der Waals surface area contributed by atoms with Crippen molar-refractivity contribution in [1.29, 1.82) is 0 Å². The molecule has 0 radical (unpaired) electrons. The molecule has 39 heavy (non-hydrogen) atoms. The van der Waals surface area contributed by atoms with Gasteiger partial charge in [0.15, 0.2) is 5.82 Å². The minimum atomic E-state index is -0.566. The smallest absolute Gasteiger partial charge is 0.296 e. The highest BCUT2D eigenvalue weighted by atomic mass is 16.5. The Labute approximate surface area is 227 Å². The molecule has 2 aromatic carbocycles. The molecule has 0 unspecified atom stereocenters. The summed E-state index contributed by atoms with van der Waals surface area (Å²) in [4.78, 5) is 33.1. The lowest BCUT2D eigenvalue weighted by Crippen LogP contribution is -2.28. The molecule has 7 nitrogen and oxygen atoms in total. The van der Waals surface area contributed by atoms with Crippen LogP contribution in [0.4, 0.5) is 0 Å². The first kappa shape index (κ1) is 26.4. The van der Waals surface area contributed by atoms with E-state index in [9.17, 15) is 9.59 Å². The summed E-state index contributed by atoms with van der Waals surface area (Å²) in [6.07, 6.45) is 9.34. The van der Waals surface area contributed by atoms with Gasteiger partial charge in [-0.3, -0.25) is 18.9 Å². The lowest BCUT2D eigenvalue weighted by Gasteiger charge is -2.17. The van der Waals surface area contributed by atoms with Gasteiger partial charge in [0.25, 0.3) is 5.56 Å². The first-order valence-corrected chi connectivity index (χ1v) is 13.6. The Kier molecular flexibility index (Phi) is 7.59. The molecule has 0 bridgehead atoms. The van der Waals surface area contributed by atoms with Crippen LogP contribution in [-0.2, 0) is 12.8 Å². The van der Waals surface area contributed by atoms with E-state index in [1.807, 2.05) is 13.0 Å². The number of aromatic amines is 1. The van der Waals surface area contributed by atoms with Crippen LogP contribution in [0.3, 0.4) is 0 Å². The largest absolute Gasteiger partial charge is 0.439 e. The quantitative estimate of drug-likeness (QED) is 0.305. The number of aryl methyl sites for hydroxylation is 4. The van der Waals surface area contributed by atoms with Gasteiger partial charge in [-0.2, -0.15) is 0 Å². The van der Waals surface area contributed by atoms with Crippen LogP contribution in [0.2, 0.25) is 0 Å². The maximum atomic E-state index is 14.0. The fourth-order valence-corrected chi connectivity index (χ4v) is 5.14. The summed E-state index contributed by atoms with van der Waals surface area (Å²) in [6, 6.07) is 14.4. The molecule has 0 atom stereocenters. The number of unbranched alkanes of at least 4 members (excludes halogenated alkanes) is 1. The SMILES string of the molecule is CCCCc1nc(C)n(-c2ccc(C)c(C)c2)c(=O)c1Cc1ccc(C2=CCCC=C2c2noc(=O)[nH]2)cc1. The zero-order valence-corrected chi connectivity index (χ0v) is 23.0. The van der Waals surface area contributed by atoms with Crippen molar-refractivity contribution >= 4 is 11.1 Å². The van der Waals surface area contributed by atoms with Crippen molar-refractivity contribution in [3.8, 4) is 5.69 Å². The van der Waals surface area contributed by atoms with Crippen molar-refractivity contribution in [3.63, 3.8) is 0 Å². The zero-order chi connectivity index (χ0) is 27.5. The van der Waals surface area contributed by atoms with Crippen LogP contribution < -0.4 is 11.3 Å². The molecule has 1 N–H and O–H groups in total. The molecule has 2 heterocycles. The summed E-state index contributed by atoms with van der Waals surface area (Å²) in [5.41, 5.74) is 8.76. The lowest BCUT2D eigenvalue weighted by atomic mass is 9.90. The van der Waals surface area contributed by atoms with Gasteiger partial charge in [0.1, 0.15) is 5.82 Å². The van der Waals surface area contributed by atoms with Crippen LogP contribution in [0.1, 0.15) is 77.8 Å². The summed E-state index contributed by atoms with van der Waals surface area (Å²) < 4.78 is 6.48. The van der Waals surface area contributed by atoms with Gasteiger partial charge in [-0.25, -0.2) is 9.78 Å². The van der Waals surface area contributed by atoms with E-state index >= 15 is 0 Å². The van der Waals surface area contributed by atoms with Crippen molar-refractivity contribution in [2.75, 3.05) is 0 Å². The third-order valence-electron chi connectivity index (χ3n) is 7.44. The molecular weight excluding hydrogens is 488 g/mol. The summed E-state index contributed by atoms with van der Waals surface area (Å²) in [6.45, 7) is 8.20. The number of hydrogen-bond acceptors (Lipinski definition) is 5. The van der Waals surface area contributed by atoms with Gasteiger partial charge in [0.05, 0.1) is 11.4 Å². The van der Waals surface area contributed by atoms with E-state index in [1.54, 1.807) is 4.57 Å². The van der Waals surface area contributed by atoms with E-state index in [0.717, 1.165) is 76.9 Å². The fraction of sp³-hybridized carbons (Fsp3) is 0.312. The second-order valence-corrected chi connectivity index (χ2v) is 10.2. The van der Waals surface area contributed by atoms with Crippen LogP contribution >= 0.6 is 0 Å². The molecule has 5 rings (SSSR count). The molecule has 0 amide bonds. The first-order valence-electron chi connectivity index (χ1n) is 13.6. The Morgan fingerprint density at radius 3 is 2.36 bits per heavy atom. The van der Waals surface area contributed by atoms with Crippen LogP contribution in [-0.4, -0.2) is 19.7 Å². The third kappa shape index (κ3) is 5.48. The summed E-state index contributed by atoms with van der Waals surface area (Å²) >= 11 is 0. The van der Waals surface area contributed by atoms with Gasteiger partial charge in [-0.05, 0) is 86.4 Å². The number of nitrogens with one attached hydrogen (secondary N) is 1. The van der Waals surface area contributed by atoms with Gasteiger partial charge < -0.3 is 0 Å². The monoisotopic (exact) mass is 522 g/mol. The van der Waals surface area contributed by atoms with Crippen LogP contribution in [0, 0.1) is 20.8 Å². The molecule has 7 heteroatoms. The minimum Gasteiger partial charge on any atom is -0.296 e. The number of H-pyrrole nitrogens is 1. The maximum absolute atomic E-state index is 14.0. The van der Waals surface area contributed by atoms with Crippen LogP contribution in [0.5, 0.6) is 0 Å². The molecule has 0 saturated heterocycles. The molecule has 200 valence electrons. The molecule has 0 spiro atoms. The predicted molar refractivity (Wildman–Crippen MR) is 154 cm³/mol. The van der Waals surface area contributed by atoms with E-state index in [2.05, 4.69) is 79.5 Å². The number of allylic oxidation sites excluding steroid dienone is 4. The Hall–Kier alpha value is -4.26. The molecule has 0 fully saturated rings. The van der Waals surface area contributed by atoms with Gasteiger partial charge in [0, 0.05) is 17.6 Å². The van der Waals surface area contributed by atoms with Gasteiger partial charge in [-0.15, -0.1) is 0 Å². The number of benzene rings is 2. The average Bonchev–Trinajstić information content (AvgIpc) is 3.37. The zero-order valence-electron chi connectivity index (χ0n) is 23.0. The van der Waals surface area contributed by atoms with Gasteiger partial charge >= 0.3 is 5.76 Å². The van der Waals surface area contributed by atoms with E-state index in [0.29, 0.717) is 18.1 Å². The van der Waals surface area contributed by atoms with E-state index in [-0.39, 0.29) is 5.56 Å². The standard InChI is InChI=1S/C32H34N4O3/c1-5-6-11-29-28(31(37)36(22(4)33-29)25-17-12-20(2)21(3)18-25)19-23-13-15-24(16-14-23)26-9-7-8-10-27(26)30-34-32(38)39-35-30/h9-10,12-18H,5-8,11,19H2,1-4H3,(H,34,35,38). The first-order chi connectivity index (χ1) is 18.9. The summed E-state index contributed by atoms with van der Waals surface area (Å²) in [5.74, 6) is 0.583. The van der Waals surface area contributed by atoms with E-state index in [1.165, 1.54) is 5.56 Å². The van der Waals surface area contributed by atoms with Crippen molar-refractivity contribution in [2.45, 2.75) is 66.2 Å². The predicted octanol–water partition coefficient (Wildman–Crippen LogP) is 6.03. The van der Waals surface area contributed by atoms with Crippen molar-refractivity contribution in [1.82, 2.24) is 19.7 Å². The highest BCUT2D eigenvalue weighted by molar-refractivity contribution is 6.03. The fourth-order valence-electron chi connectivity index (χ4n) is 5.14. The van der Waals surface area contributed by atoms with Crippen LogP contribution in [0.15, 0.2) is 68.7 Å². The number of aromatic nitrogens is 4. The normalized spacial score (nSPS) is 13.3. The van der Waals surface area contributed by atoms with Gasteiger partial charge in [0.2, 0.25) is 0 Å². The minimum absolute atomic E-state index is 0.00359. The summed E-state index contributed by atoms with van der Waals surface area (Å²) in [7, 11) is 0. The highest BCUT2D eigenvalue weighted by Crippen LogP contribution is 2.33. The van der Waals surface area contributed by atoms with Gasteiger partial charge in [-0.1, -0.05) is 61.0 Å². The Balaban J connectivity index is 1.50. The lowest BCUT2D eigenvalue weighted by molar-refractivity contribution is 0.385. The molecule has 0 aliphatic heterocycles. The molecule has 1 aliphatic carbocycles. The third-order valence-corrected chi connectivity index (χ3v) is 7.44. The topological polar surface area (TPSA) is 93.8 Å². The van der Waals surface area contributed by atoms with E-state index < -0.39 is 5.76 Å². The molecule has 1 aliphatic rings. The second-order valence-electron chi connectivity index (χ2n) is 10.2. The van der Waals surface area contributed by atoms with Crippen molar-refractivity contribution in [2.24, 2.45) is 0 Å². The second kappa shape index (κ2) is 11.2. The highest BCUT2D eigenvalue weighted by Gasteiger charge is 2.19. The Morgan fingerprint density at radius 2 is 1.69 bits per heavy atom. The number of hydrogen-bond donors (Lipinski definition) is 1. The molecular formula is C32H34N4O3. The maximum Gasteiger partial charge on any atom is 0.439 e. The molecule has 0 saturated carbocycles. The van der Waals surface area contributed by atoms with Crippen LogP contribution in [0.25, 0.3) is 16.8 Å². The Bertz CT molecular complexity index is 1680. The molecule has 2 aromatic heterocycles. The van der Waals surface area contributed by atoms with Crippen molar-refractivity contribution < 1.29 is 4.52 Å².